The first-order chi connectivity index (χ1) is 16.2. The zero-order valence-corrected chi connectivity index (χ0v) is 21.7. The number of primary amides is 1. The van der Waals surface area contributed by atoms with E-state index >= 15 is 4.39 Å². The van der Waals surface area contributed by atoms with Crippen LogP contribution in [0.2, 0.25) is 0 Å². The van der Waals surface area contributed by atoms with E-state index in [1.54, 1.807) is 6.07 Å². The quantitative estimate of drug-likeness (QED) is 0.241. The maximum atomic E-state index is 15.0. The van der Waals surface area contributed by atoms with Crippen LogP contribution in [-0.4, -0.2) is 21.7 Å². The zero-order chi connectivity index (χ0) is 24.6. The molecule has 1 fully saturated rings. The summed E-state index contributed by atoms with van der Waals surface area (Å²) in [5, 5.41) is 2.43. The van der Waals surface area contributed by atoms with Gasteiger partial charge in [0.2, 0.25) is 5.82 Å². The fraction of sp³-hybridized carbons (Fsp3) is 0.217. The minimum absolute atomic E-state index is 0. The Kier molecular flexibility index (Phi) is 8.71. The van der Waals surface area contributed by atoms with Gasteiger partial charge in [-0.15, -0.1) is 0 Å². The number of halogens is 4. The van der Waals surface area contributed by atoms with Crippen molar-refractivity contribution in [3.05, 3.63) is 82.1 Å². The fourth-order valence-corrected chi connectivity index (χ4v) is 4.01. The second kappa shape index (κ2) is 11.2. The van der Waals surface area contributed by atoms with E-state index in [1.807, 2.05) is 0 Å². The zero-order valence-electron chi connectivity index (χ0n) is 19.9. The molecule has 0 radical (unpaired) electrons. The molecule has 1 aromatic heterocycles. The SMILES string of the molecule is C[S+]([O-])Nc1nccc(Cc2cc(C(N)=O)c(Nc3ccc(C4CC4)cc3F)c(F)c2F)c1F.[H-].[Na+]. The van der Waals surface area contributed by atoms with Crippen molar-refractivity contribution in [1.29, 1.82) is 0 Å². The Morgan fingerprint density at radius 1 is 1.14 bits per heavy atom. The smallest absolute Gasteiger partial charge is 1.00 e. The molecule has 4 rings (SSSR count). The Hall–Kier alpha value is -2.31. The summed E-state index contributed by atoms with van der Waals surface area (Å²) in [6.07, 6.45) is 3.96. The number of carbonyl (C=O) groups excluding carboxylic acids is 1. The Labute approximate surface area is 225 Å². The summed E-state index contributed by atoms with van der Waals surface area (Å²) >= 11 is -1.61. The number of nitrogens with zero attached hydrogens (tertiary/aromatic N) is 1. The number of anilines is 3. The van der Waals surface area contributed by atoms with Crippen LogP contribution in [0.1, 0.15) is 47.2 Å². The van der Waals surface area contributed by atoms with Crippen LogP contribution in [0.4, 0.5) is 34.8 Å². The number of amides is 1. The van der Waals surface area contributed by atoms with Gasteiger partial charge in [-0.2, -0.15) is 4.72 Å². The number of carbonyl (C=O) groups is 1. The van der Waals surface area contributed by atoms with Crippen LogP contribution in [0, 0.1) is 23.3 Å². The number of nitrogens with one attached hydrogen (secondary N) is 2. The summed E-state index contributed by atoms with van der Waals surface area (Å²) in [5.41, 5.74) is 4.55. The maximum absolute atomic E-state index is 15.0. The molecular formula is C23H21F4N4NaO2S. The van der Waals surface area contributed by atoms with Crippen molar-refractivity contribution in [2.45, 2.75) is 25.2 Å². The van der Waals surface area contributed by atoms with E-state index in [0.717, 1.165) is 24.5 Å². The molecule has 4 N–H and O–H groups in total. The average molecular weight is 516 g/mol. The van der Waals surface area contributed by atoms with Crippen LogP contribution in [0.5, 0.6) is 0 Å². The molecule has 35 heavy (non-hydrogen) atoms. The van der Waals surface area contributed by atoms with Gasteiger partial charge in [0, 0.05) is 12.6 Å². The number of hydrogen-bond acceptors (Lipinski definition) is 5. The van der Waals surface area contributed by atoms with Crippen LogP contribution >= 0.6 is 0 Å². The number of benzene rings is 2. The molecule has 0 saturated heterocycles. The monoisotopic (exact) mass is 516 g/mol. The summed E-state index contributed by atoms with van der Waals surface area (Å²) < 4.78 is 72.9. The molecule has 180 valence electrons. The Morgan fingerprint density at radius 2 is 1.86 bits per heavy atom. The molecule has 1 amide bonds. The Balaban J connectivity index is 0.00000228. The summed E-state index contributed by atoms with van der Waals surface area (Å²) in [4.78, 5) is 15.8. The van der Waals surface area contributed by atoms with Gasteiger partial charge in [0.05, 0.1) is 28.3 Å². The molecule has 1 aliphatic carbocycles. The third-order valence-electron chi connectivity index (χ3n) is 5.44. The molecule has 0 aliphatic heterocycles. The van der Waals surface area contributed by atoms with Crippen LogP contribution < -0.4 is 45.3 Å². The van der Waals surface area contributed by atoms with Crippen LogP contribution in [0.15, 0.2) is 36.5 Å². The van der Waals surface area contributed by atoms with Gasteiger partial charge in [0.15, 0.2) is 17.5 Å². The molecule has 1 saturated carbocycles. The summed E-state index contributed by atoms with van der Waals surface area (Å²) in [7, 11) is 0. The topological polar surface area (TPSA) is 103 Å². The van der Waals surface area contributed by atoms with Crippen molar-refractivity contribution in [2.75, 3.05) is 16.3 Å². The van der Waals surface area contributed by atoms with Gasteiger partial charge < -0.3 is 17.0 Å². The largest absolute Gasteiger partial charge is 1.00 e. The second-order valence-corrected chi connectivity index (χ2v) is 9.07. The van der Waals surface area contributed by atoms with E-state index in [9.17, 15) is 22.5 Å². The van der Waals surface area contributed by atoms with E-state index in [0.29, 0.717) is 5.92 Å². The van der Waals surface area contributed by atoms with Gasteiger partial charge in [0.1, 0.15) is 12.1 Å². The number of hydrogen-bond donors (Lipinski definition) is 3. The van der Waals surface area contributed by atoms with E-state index in [4.69, 9.17) is 5.73 Å². The van der Waals surface area contributed by atoms with Crippen LogP contribution in [-0.2, 0) is 17.8 Å². The standard InChI is InChI=1S/C23H20F4N4O2S.Na.H/c1-34(33)31-23-19(26)13(6-7-29-23)8-14-9-15(22(28)32)21(20(27)18(14)25)30-17-5-4-12(10-16(17)24)11-2-3-11;;/h4-7,9-11,30H,2-3,8H2,1H3,(H2,28,32)(H,29,31);;/q;+1;-1. The molecule has 2 aromatic carbocycles. The van der Waals surface area contributed by atoms with Crippen molar-refractivity contribution in [3.8, 4) is 0 Å². The van der Waals surface area contributed by atoms with Gasteiger partial charge in [-0.25, -0.2) is 22.5 Å². The molecule has 1 heterocycles. The molecule has 12 heteroatoms. The number of aromatic nitrogens is 1. The van der Waals surface area contributed by atoms with Crippen molar-refractivity contribution >= 4 is 34.5 Å². The Morgan fingerprint density at radius 3 is 2.46 bits per heavy atom. The van der Waals surface area contributed by atoms with E-state index < -0.39 is 58.2 Å². The van der Waals surface area contributed by atoms with Crippen LogP contribution in [0.3, 0.4) is 0 Å². The molecule has 6 nitrogen and oxygen atoms in total. The molecule has 1 unspecified atom stereocenters. The van der Waals surface area contributed by atoms with Crippen molar-refractivity contribution < 1.29 is 57.9 Å². The molecule has 1 atom stereocenters. The van der Waals surface area contributed by atoms with Crippen molar-refractivity contribution in [1.82, 2.24) is 4.98 Å². The molecule has 3 aromatic rings. The van der Waals surface area contributed by atoms with E-state index in [-0.39, 0.29) is 53.6 Å². The molecular weight excluding hydrogens is 495 g/mol. The van der Waals surface area contributed by atoms with Gasteiger partial charge in [0.25, 0.3) is 5.91 Å². The third-order valence-corrected chi connectivity index (χ3v) is 5.92. The predicted molar refractivity (Wildman–Crippen MR) is 122 cm³/mol. The first kappa shape index (κ1) is 27.3. The average Bonchev–Trinajstić information content (AvgIpc) is 3.62. The summed E-state index contributed by atoms with van der Waals surface area (Å²) in [6.45, 7) is 0. The molecule has 1 aliphatic rings. The molecule has 0 bridgehead atoms. The van der Waals surface area contributed by atoms with Gasteiger partial charge in [-0.3, -0.25) is 4.79 Å². The van der Waals surface area contributed by atoms with E-state index in [1.165, 1.54) is 30.7 Å². The maximum Gasteiger partial charge on any atom is 1.00 e. The minimum Gasteiger partial charge on any atom is -1.00 e. The summed E-state index contributed by atoms with van der Waals surface area (Å²) in [5.74, 6) is -5.52. The normalized spacial score (nSPS) is 13.7. The first-order valence-electron chi connectivity index (χ1n) is 10.3. The van der Waals surface area contributed by atoms with Crippen molar-refractivity contribution in [2.24, 2.45) is 5.73 Å². The summed E-state index contributed by atoms with van der Waals surface area (Å²) in [6, 6.07) is 6.61. The van der Waals surface area contributed by atoms with Gasteiger partial charge in [-0.1, -0.05) is 6.07 Å². The second-order valence-electron chi connectivity index (χ2n) is 7.95. The first-order valence-corrected chi connectivity index (χ1v) is 11.8. The third kappa shape index (κ3) is 6.10. The number of pyridine rings is 1. The Bertz CT molecular complexity index is 1280. The van der Waals surface area contributed by atoms with Gasteiger partial charge in [-0.05, 0) is 59.7 Å². The number of rotatable bonds is 8. The van der Waals surface area contributed by atoms with Crippen molar-refractivity contribution in [3.63, 3.8) is 0 Å². The number of nitrogens with two attached hydrogens (primary N) is 1. The van der Waals surface area contributed by atoms with E-state index in [2.05, 4.69) is 15.0 Å². The fourth-order valence-electron chi connectivity index (χ4n) is 3.59. The predicted octanol–water partition coefficient (Wildman–Crippen LogP) is 1.77. The van der Waals surface area contributed by atoms with Crippen LogP contribution in [0.25, 0.3) is 0 Å². The minimum atomic E-state index is -1.61. The van der Waals surface area contributed by atoms with Gasteiger partial charge >= 0.3 is 29.6 Å². The molecule has 0 spiro atoms.